The molecule has 0 saturated carbocycles. The van der Waals surface area contributed by atoms with Crippen LogP contribution in [0.15, 0.2) is 60.7 Å². The number of carbonyl (C=O) groups is 1. The van der Waals surface area contributed by atoms with Gasteiger partial charge in [-0.3, -0.25) is 4.72 Å². The molecule has 1 saturated heterocycles. The highest BCUT2D eigenvalue weighted by molar-refractivity contribution is 7.93. The summed E-state index contributed by atoms with van der Waals surface area (Å²) in [6, 6.07) is 18.5. The number of carboxylic acids is 1. The van der Waals surface area contributed by atoms with Crippen molar-refractivity contribution in [1.82, 2.24) is 4.57 Å². The number of nitrogens with two attached hydrogens (primary N) is 1. The lowest BCUT2D eigenvalue weighted by Crippen LogP contribution is -2.28. The van der Waals surface area contributed by atoms with Gasteiger partial charge >= 0.3 is 5.97 Å². The summed E-state index contributed by atoms with van der Waals surface area (Å²) in [4.78, 5) is 12.1. The third kappa shape index (κ3) is 4.13. The molecule has 1 atom stereocenters. The number of aromatic carboxylic acids is 1. The molecule has 0 bridgehead atoms. The number of sulfonamides is 1. The molecule has 1 unspecified atom stereocenters. The van der Waals surface area contributed by atoms with Crippen LogP contribution in [-0.4, -0.2) is 42.5 Å². The molecular formula is C25H25N3O5S. The monoisotopic (exact) mass is 479 g/mol. The average Bonchev–Trinajstić information content (AvgIpc) is 3.48. The van der Waals surface area contributed by atoms with Gasteiger partial charge in [0.1, 0.15) is 10.9 Å². The zero-order valence-electron chi connectivity index (χ0n) is 18.4. The molecule has 176 valence electrons. The van der Waals surface area contributed by atoms with Gasteiger partial charge in [-0.1, -0.05) is 36.4 Å². The van der Waals surface area contributed by atoms with E-state index in [9.17, 15) is 18.3 Å². The maximum absolute atomic E-state index is 12.9. The fourth-order valence-electron chi connectivity index (χ4n) is 4.53. The van der Waals surface area contributed by atoms with E-state index in [1.165, 1.54) is 0 Å². The summed E-state index contributed by atoms with van der Waals surface area (Å²) in [5.41, 5.74) is 8.87. The number of hydrogen-bond acceptors (Lipinski definition) is 5. The van der Waals surface area contributed by atoms with E-state index in [-0.39, 0.29) is 18.8 Å². The summed E-state index contributed by atoms with van der Waals surface area (Å²) in [5, 5.41) is 11.9. The molecule has 1 aromatic heterocycles. The van der Waals surface area contributed by atoms with Crippen LogP contribution >= 0.6 is 0 Å². The van der Waals surface area contributed by atoms with Crippen molar-refractivity contribution >= 4 is 43.4 Å². The molecule has 1 aliphatic rings. The summed E-state index contributed by atoms with van der Waals surface area (Å²) in [5.74, 6) is -1.03. The van der Waals surface area contributed by atoms with Gasteiger partial charge in [0.2, 0.25) is 10.0 Å². The van der Waals surface area contributed by atoms with Gasteiger partial charge in [-0.2, -0.15) is 0 Å². The summed E-state index contributed by atoms with van der Waals surface area (Å²) >= 11 is 0. The molecule has 2 heterocycles. The largest absolute Gasteiger partial charge is 0.477 e. The van der Waals surface area contributed by atoms with Crippen molar-refractivity contribution in [2.75, 3.05) is 17.9 Å². The van der Waals surface area contributed by atoms with E-state index in [1.807, 2.05) is 42.5 Å². The first-order chi connectivity index (χ1) is 16.4. The third-order valence-electron chi connectivity index (χ3n) is 6.29. The quantitative estimate of drug-likeness (QED) is 0.373. The Hall–Kier alpha value is -3.40. The number of nitrogens with zero attached hydrogens (tertiary/aromatic N) is 1. The van der Waals surface area contributed by atoms with E-state index in [2.05, 4.69) is 4.72 Å². The number of nitrogens with one attached hydrogen (secondary N) is 1. The van der Waals surface area contributed by atoms with Crippen molar-refractivity contribution in [2.24, 2.45) is 5.73 Å². The van der Waals surface area contributed by atoms with Gasteiger partial charge in [-0.05, 0) is 52.6 Å². The molecule has 0 radical (unpaired) electrons. The van der Waals surface area contributed by atoms with Gasteiger partial charge in [0.05, 0.1) is 6.61 Å². The first kappa shape index (κ1) is 22.4. The van der Waals surface area contributed by atoms with Crippen LogP contribution in [0.25, 0.3) is 21.7 Å². The maximum Gasteiger partial charge on any atom is 0.352 e. The molecular weight excluding hydrogens is 454 g/mol. The van der Waals surface area contributed by atoms with Crippen LogP contribution < -0.4 is 10.5 Å². The second-order valence-corrected chi connectivity index (χ2v) is 10.5. The SMILES string of the molecule is NCc1ccc2cc(C(=O)O)n(Cc3cc(NS(=O)(=O)C4CCOC4)cc4ccccc34)c2c1. The lowest BCUT2D eigenvalue weighted by Gasteiger charge is -2.16. The van der Waals surface area contributed by atoms with Crippen molar-refractivity contribution in [3.63, 3.8) is 0 Å². The topological polar surface area (TPSA) is 124 Å². The summed E-state index contributed by atoms with van der Waals surface area (Å²) in [6.45, 7) is 1.20. The molecule has 1 fully saturated rings. The van der Waals surface area contributed by atoms with Crippen molar-refractivity contribution in [2.45, 2.75) is 24.8 Å². The molecule has 8 nitrogen and oxygen atoms in total. The lowest BCUT2D eigenvalue weighted by atomic mass is 10.0. The van der Waals surface area contributed by atoms with E-state index in [0.29, 0.717) is 25.3 Å². The highest BCUT2D eigenvalue weighted by Crippen LogP contribution is 2.29. The smallest absolute Gasteiger partial charge is 0.352 e. The Kier molecular flexibility index (Phi) is 5.76. The second-order valence-electron chi connectivity index (χ2n) is 8.51. The van der Waals surface area contributed by atoms with Crippen molar-refractivity contribution in [1.29, 1.82) is 0 Å². The number of ether oxygens (including phenoxy) is 1. The lowest BCUT2D eigenvalue weighted by molar-refractivity contribution is 0.0686. The first-order valence-electron chi connectivity index (χ1n) is 11.0. The minimum atomic E-state index is -3.62. The number of benzene rings is 3. The maximum atomic E-state index is 12.9. The zero-order chi connectivity index (χ0) is 23.9. The van der Waals surface area contributed by atoms with E-state index in [4.69, 9.17) is 10.5 Å². The van der Waals surface area contributed by atoms with Crippen LogP contribution in [0.2, 0.25) is 0 Å². The Balaban J connectivity index is 1.62. The number of rotatable bonds is 7. The molecule has 0 aliphatic carbocycles. The van der Waals surface area contributed by atoms with Crippen molar-refractivity contribution in [3.8, 4) is 0 Å². The molecule has 34 heavy (non-hydrogen) atoms. The highest BCUT2D eigenvalue weighted by atomic mass is 32.2. The van der Waals surface area contributed by atoms with E-state index in [0.717, 1.165) is 32.8 Å². The van der Waals surface area contributed by atoms with Gasteiger partial charge in [-0.15, -0.1) is 0 Å². The van der Waals surface area contributed by atoms with Crippen molar-refractivity contribution < 1.29 is 23.1 Å². The van der Waals surface area contributed by atoms with Gasteiger partial charge in [0, 0.05) is 36.3 Å². The number of hydrogen-bond donors (Lipinski definition) is 3. The normalized spacial score (nSPS) is 16.3. The standard InChI is InChI=1S/C25H25N3O5S/c26-13-16-5-6-18-12-24(25(29)30)28(23(18)9-16)14-19-11-20(10-17-3-1-2-4-22(17)19)27-34(31,32)21-7-8-33-15-21/h1-6,9-12,21,27H,7-8,13-15,26H2,(H,29,30). The van der Waals surface area contributed by atoms with Crippen LogP contribution in [0.5, 0.6) is 0 Å². The molecule has 3 aromatic carbocycles. The Morgan fingerprint density at radius 1 is 1.12 bits per heavy atom. The molecule has 0 spiro atoms. The summed E-state index contributed by atoms with van der Waals surface area (Å²) < 4.78 is 35.4. The number of fused-ring (bicyclic) bond motifs is 2. The van der Waals surface area contributed by atoms with Crippen LogP contribution in [0.3, 0.4) is 0 Å². The number of anilines is 1. The minimum Gasteiger partial charge on any atom is -0.477 e. The number of carboxylic acid groups (broad SMARTS) is 1. The van der Waals surface area contributed by atoms with Crippen molar-refractivity contribution in [3.05, 3.63) is 77.5 Å². The van der Waals surface area contributed by atoms with Crippen LogP contribution in [-0.2, 0) is 27.8 Å². The number of aromatic nitrogens is 1. The zero-order valence-corrected chi connectivity index (χ0v) is 19.2. The Bertz CT molecular complexity index is 1500. The van der Waals surface area contributed by atoms with Gasteiger partial charge in [0.25, 0.3) is 0 Å². The van der Waals surface area contributed by atoms with Crippen LogP contribution in [0.4, 0.5) is 5.69 Å². The Labute approximate surface area is 197 Å². The Morgan fingerprint density at radius 3 is 2.68 bits per heavy atom. The van der Waals surface area contributed by atoms with E-state index >= 15 is 0 Å². The molecule has 9 heteroatoms. The predicted molar refractivity (Wildman–Crippen MR) is 132 cm³/mol. The Morgan fingerprint density at radius 2 is 1.94 bits per heavy atom. The van der Waals surface area contributed by atoms with Gasteiger partial charge in [-0.25, -0.2) is 13.2 Å². The van der Waals surface area contributed by atoms with E-state index in [1.54, 1.807) is 22.8 Å². The fourth-order valence-corrected chi connectivity index (χ4v) is 5.82. The average molecular weight is 480 g/mol. The molecule has 5 rings (SSSR count). The molecule has 4 N–H and O–H groups in total. The van der Waals surface area contributed by atoms with E-state index < -0.39 is 21.2 Å². The predicted octanol–water partition coefficient (Wildman–Crippen LogP) is 3.53. The highest BCUT2D eigenvalue weighted by Gasteiger charge is 2.29. The van der Waals surface area contributed by atoms with Crippen LogP contribution in [0, 0.1) is 0 Å². The molecule has 4 aromatic rings. The third-order valence-corrected chi connectivity index (χ3v) is 8.06. The van der Waals surface area contributed by atoms with Gasteiger partial charge in [0.15, 0.2) is 0 Å². The van der Waals surface area contributed by atoms with Gasteiger partial charge < -0.3 is 20.1 Å². The van der Waals surface area contributed by atoms with Crippen LogP contribution in [0.1, 0.15) is 28.0 Å². The molecule has 1 aliphatic heterocycles. The first-order valence-corrected chi connectivity index (χ1v) is 12.6. The second kappa shape index (κ2) is 8.75. The molecule has 0 amide bonds. The minimum absolute atomic E-state index is 0.155. The fraction of sp³-hybridized carbons (Fsp3) is 0.240. The summed E-state index contributed by atoms with van der Waals surface area (Å²) in [6.07, 6.45) is 0.455. The summed E-state index contributed by atoms with van der Waals surface area (Å²) in [7, 11) is -3.62.